The summed E-state index contributed by atoms with van der Waals surface area (Å²) in [5, 5.41) is 16.2. The van der Waals surface area contributed by atoms with Gasteiger partial charge in [-0.05, 0) is 85.8 Å². The van der Waals surface area contributed by atoms with E-state index < -0.39 is 17.7 Å². The van der Waals surface area contributed by atoms with E-state index in [9.17, 15) is 19.5 Å². The van der Waals surface area contributed by atoms with Gasteiger partial charge in [0.25, 0.3) is 11.8 Å². The Kier molecular flexibility index (Phi) is 9.94. The van der Waals surface area contributed by atoms with Crippen molar-refractivity contribution in [1.82, 2.24) is 14.8 Å². The number of nitrogens with zero attached hydrogens (tertiary/aromatic N) is 2. The quantitative estimate of drug-likeness (QED) is 0.116. The van der Waals surface area contributed by atoms with Crippen LogP contribution in [0.25, 0.3) is 27.7 Å². The van der Waals surface area contributed by atoms with E-state index in [1.807, 2.05) is 89.5 Å². The molecule has 11 heteroatoms. The number of anilines is 2. The van der Waals surface area contributed by atoms with Crippen molar-refractivity contribution < 1.29 is 29.0 Å². The third-order valence-corrected chi connectivity index (χ3v) is 9.64. The lowest BCUT2D eigenvalue weighted by Gasteiger charge is -2.37. The number of carbonyl (C=O) groups excluding carboxylic acids is 3. The minimum Gasteiger partial charge on any atom is -0.508 e. The van der Waals surface area contributed by atoms with Gasteiger partial charge in [0.2, 0.25) is 0 Å². The molecule has 5 aromatic carbocycles. The molecule has 55 heavy (non-hydrogen) atoms. The highest BCUT2D eigenvalue weighted by Crippen LogP contribution is 2.35. The van der Waals surface area contributed by atoms with Gasteiger partial charge in [0.05, 0.1) is 41.2 Å². The molecule has 7 rings (SSSR count). The molecule has 280 valence electrons. The Morgan fingerprint density at radius 1 is 0.855 bits per heavy atom. The van der Waals surface area contributed by atoms with Crippen LogP contribution in [0.15, 0.2) is 115 Å². The van der Waals surface area contributed by atoms with Gasteiger partial charge in [0.1, 0.15) is 17.1 Å². The van der Waals surface area contributed by atoms with Gasteiger partial charge in [-0.1, -0.05) is 66.7 Å². The highest BCUT2D eigenvalue weighted by Gasteiger charge is 2.33. The fourth-order valence-corrected chi connectivity index (χ4v) is 6.97. The van der Waals surface area contributed by atoms with Gasteiger partial charge < -0.3 is 40.4 Å². The summed E-state index contributed by atoms with van der Waals surface area (Å²) in [6, 6.07) is 32.7. The van der Waals surface area contributed by atoms with E-state index in [0.717, 1.165) is 22.3 Å². The molecule has 1 aromatic heterocycles. The van der Waals surface area contributed by atoms with Gasteiger partial charge in [-0.2, -0.15) is 0 Å². The molecule has 0 aliphatic carbocycles. The number of hydrogen-bond acceptors (Lipinski definition) is 7. The first-order valence-electron chi connectivity index (χ1n) is 18.0. The molecule has 1 atom stereocenters. The first-order valence-corrected chi connectivity index (χ1v) is 18.0. The van der Waals surface area contributed by atoms with E-state index in [0.29, 0.717) is 52.1 Å². The van der Waals surface area contributed by atoms with Crippen LogP contribution in [-0.2, 0) is 17.7 Å². The molecule has 6 aromatic rings. The molecule has 11 nitrogen and oxygen atoms in total. The van der Waals surface area contributed by atoms with E-state index in [2.05, 4.69) is 10.6 Å². The Morgan fingerprint density at radius 2 is 1.51 bits per heavy atom. The fourth-order valence-electron chi connectivity index (χ4n) is 6.97. The fraction of sp³-hybridized carbons (Fsp3) is 0.205. The van der Waals surface area contributed by atoms with Crippen molar-refractivity contribution in [2.24, 2.45) is 0 Å². The Hall–Kier alpha value is -6.75. The second kappa shape index (κ2) is 14.9. The zero-order valence-corrected chi connectivity index (χ0v) is 31.1. The number of methoxy groups -OCH3 is 1. The van der Waals surface area contributed by atoms with Crippen molar-refractivity contribution >= 4 is 40.2 Å². The first kappa shape index (κ1) is 36.6. The number of aromatic nitrogens is 1. The summed E-state index contributed by atoms with van der Waals surface area (Å²) in [6.07, 6.45) is 1.68. The van der Waals surface area contributed by atoms with E-state index in [1.54, 1.807) is 56.1 Å². The minimum absolute atomic E-state index is 0.169. The lowest BCUT2D eigenvalue weighted by atomic mass is 9.93. The summed E-state index contributed by atoms with van der Waals surface area (Å²) in [7, 11) is 1.51. The van der Waals surface area contributed by atoms with Crippen LogP contribution in [0.3, 0.4) is 0 Å². The SMILES string of the molecule is COc1cc(-n2cc(C(=O)Nc3ccc(-c4ccc(O)cc4)cc3)c3ccccc32)c(C(=O)N2Cc3ccccc3C[C@H]2CNC(=O)OC(C)(C)C)cc1N. The van der Waals surface area contributed by atoms with Crippen molar-refractivity contribution in [2.45, 2.75) is 45.4 Å². The van der Waals surface area contributed by atoms with Crippen molar-refractivity contribution in [3.8, 4) is 28.3 Å². The zero-order chi connectivity index (χ0) is 38.9. The van der Waals surface area contributed by atoms with Crippen LogP contribution in [-0.4, -0.2) is 57.8 Å². The average Bonchev–Trinajstić information content (AvgIpc) is 3.56. The lowest BCUT2D eigenvalue weighted by Crippen LogP contribution is -2.50. The number of hydrogen-bond donors (Lipinski definition) is 4. The normalized spacial score (nSPS) is 13.9. The molecule has 0 bridgehead atoms. The second-order valence-corrected chi connectivity index (χ2v) is 14.6. The second-order valence-electron chi connectivity index (χ2n) is 14.6. The van der Waals surface area contributed by atoms with Crippen molar-refractivity contribution in [3.63, 3.8) is 0 Å². The maximum Gasteiger partial charge on any atom is 0.407 e. The number of phenolic OH excluding ortho intramolecular Hbond substituents is 1. The maximum atomic E-state index is 14.9. The zero-order valence-electron chi connectivity index (χ0n) is 31.1. The summed E-state index contributed by atoms with van der Waals surface area (Å²) in [5.41, 5.74) is 12.5. The number of benzene rings is 5. The van der Waals surface area contributed by atoms with E-state index in [4.69, 9.17) is 15.2 Å². The van der Waals surface area contributed by atoms with Crippen LogP contribution in [0.5, 0.6) is 11.5 Å². The minimum atomic E-state index is -0.678. The smallest absolute Gasteiger partial charge is 0.407 e. The molecule has 0 saturated carbocycles. The number of alkyl carbamates (subject to hydrolysis) is 1. The van der Waals surface area contributed by atoms with Gasteiger partial charge in [0, 0.05) is 36.4 Å². The van der Waals surface area contributed by atoms with Crippen molar-refractivity contribution in [3.05, 3.63) is 138 Å². The summed E-state index contributed by atoms with van der Waals surface area (Å²) >= 11 is 0. The number of phenols is 1. The molecular formula is C44H43N5O6. The summed E-state index contributed by atoms with van der Waals surface area (Å²) in [5.74, 6) is -0.0678. The molecule has 0 saturated heterocycles. The number of aromatic hydroxyl groups is 1. The number of para-hydroxylation sites is 1. The van der Waals surface area contributed by atoms with Crippen LogP contribution in [0, 0.1) is 0 Å². The van der Waals surface area contributed by atoms with Crippen molar-refractivity contribution in [1.29, 1.82) is 0 Å². The lowest BCUT2D eigenvalue weighted by molar-refractivity contribution is 0.0474. The predicted molar refractivity (Wildman–Crippen MR) is 214 cm³/mol. The summed E-state index contributed by atoms with van der Waals surface area (Å²) in [4.78, 5) is 43.3. The molecule has 2 heterocycles. The van der Waals surface area contributed by atoms with Gasteiger partial charge in [-0.15, -0.1) is 0 Å². The molecule has 5 N–H and O–H groups in total. The summed E-state index contributed by atoms with van der Waals surface area (Å²) in [6.45, 7) is 5.88. The maximum absolute atomic E-state index is 14.9. The molecule has 0 fully saturated rings. The monoisotopic (exact) mass is 737 g/mol. The van der Waals surface area contributed by atoms with Crippen LogP contribution in [0.4, 0.5) is 16.2 Å². The Bertz CT molecular complexity index is 2400. The predicted octanol–water partition coefficient (Wildman–Crippen LogP) is 7.94. The molecular weight excluding hydrogens is 695 g/mol. The van der Waals surface area contributed by atoms with Crippen LogP contribution in [0.1, 0.15) is 52.6 Å². The number of rotatable bonds is 8. The number of carbonyl (C=O) groups is 3. The molecule has 3 amide bonds. The highest BCUT2D eigenvalue weighted by molar-refractivity contribution is 6.13. The van der Waals surface area contributed by atoms with Gasteiger partial charge in [-0.3, -0.25) is 9.59 Å². The molecule has 0 unspecified atom stereocenters. The van der Waals surface area contributed by atoms with Gasteiger partial charge in [-0.25, -0.2) is 4.79 Å². The van der Waals surface area contributed by atoms with Gasteiger partial charge >= 0.3 is 6.09 Å². The third-order valence-electron chi connectivity index (χ3n) is 9.64. The molecule has 1 aliphatic rings. The Morgan fingerprint density at radius 3 is 2.20 bits per heavy atom. The average molecular weight is 738 g/mol. The Balaban J connectivity index is 1.24. The summed E-state index contributed by atoms with van der Waals surface area (Å²) < 4.78 is 13.0. The first-order chi connectivity index (χ1) is 26.4. The number of nitrogens with two attached hydrogens (primary N) is 1. The van der Waals surface area contributed by atoms with Crippen LogP contribution in [0.2, 0.25) is 0 Å². The number of nitrogens with one attached hydrogen (secondary N) is 2. The number of amides is 3. The molecule has 1 aliphatic heterocycles. The van der Waals surface area contributed by atoms with Crippen LogP contribution < -0.4 is 21.1 Å². The van der Waals surface area contributed by atoms with E-state index >= 15 is 0 Å². The highest BCUT2D eigenvalue weighted by atomic mass is 16.6. The topological polar surface area (TPSA) is 148 Å². The standard InChI is InChI=1S/C44H43N5O6/c1-44(2,3)55-43(53)46-24-32-21-29-9-5-6-10-30(29)25-48(32)42(52)35-22-37(45)40(54-4)23-39(35)49-26-36(34-11-7-8-12-38(34)49)41(51)47-31-17-13-27(14-18-31)28-15-19-33(50)20-16-28/h5-20,22-23,26,32,50H,21,24-25,45H2,1-4H3,(H,46,53)(H,47,51)/t32-/m0/s1. The largest absolute Gasteiger partial charge is 0.508 e. The number of fused-ring (bicyclic) bond motifs is 2. The molecule has 0 radical (unpaired) electrons. The number of nitrogen functional groups attached to an aromatic ring is 1. The van der Waals surface area contributed by atoms with E-state index in [1.165, 1.54) is 7.11 Å². The Labute approximate surface area is 319 Å². The van der Waals surface area contributed by atoms with Crippen molar-refractivity contribution in [2.75, 3.05) is 24.7 Å². The number of ether oxygens (including phenoxy) is 2. The van der Waals surface area contributed by atoms with Crippen LogP contribution >= 0.6 is 0 Å². The van der Waals surface area contributed by atoms with E-state index in [-0.39, 0.29) is 29.8 Å². The van der Waals surface area contributed by atoms with Gasteiger partial charge in [0.15, 0.2) is 0 Å². The third kappa shape index (κ3) is 7.82. The molecule has 0 spiro atoms.